The van der Waals surface area contributed by atoms with Crippen molar-refractivity contribution in [1.29, 1.82) is 0 Å². The highest BCUT2D eigenvalue weighted by Crippen LogP contribution is 2.22. The molecular weight excluding hydrogens is 385 g/mol. The van der Waals surface area contributed by atoms with Gasteiger partial charge < -0.3 is 10.1 Å². The number of amides is 1. The van der Waals surface area contributed by atoms with Crippen LogP contribution < -0.4 is 5.32 Å². The monoisotopic (exact) mass is 399 g/mol. The molecule has 8 heteroatoms. The summed E-state index contributed by atoms with van der Waals surface area (Å²) in [5.41, 5.74) is 0.576. The molecule has 1 atom stereocenters. The number of nitrogens with one attached hydrogen (secondary N) is 1. The maximum atomic E-state index is 12.2. The maximum absolute atomic E-state index is 12.2. The van der Waals surface area contributed by atoms with Gasteiger partial charge in [0.2, 0.25) is 0 Å². The summed E-state index contributed by atoms with van der Waals surface area (Å²) >= 11 is 11.7. The van der Waals surface area contributed by atoms with Crippen LogP contribution in [0.4, 0.5) is 5.69 Å². The normalized spacial score (nSPS) is 11.6. The molecule has 0 unspecified atom stereocenters. The van der Waals surface area contributed by atoms with Crippen LogP contribution >= 0.6 is 23.2 Å². The fraction of sp³-hybridized carbons (Fsp3) is 0.176. The molecule has 0 fully saturated rings. The van der Waals surface area contributed by atoms with Gasteiger partial charge in [0.15, 0.2) is 6.61 Å². The molecule has 132 valence electrons. The fourth-order valence-corrected chi connectivity index (χ4v) is 3.49. The summed E-state index contributed by atoms with van der Waals surface area (Å²) in [5.74, 6) is -0.877. The molecule has 0 bridgehead atoms. The van der Waals surface area contributed by atoms with E-state index in [1.807, 2.05) is 0 Å². The molecule has 0 aliphatic heterocycles. The van der Waals surface area contributed by atoms with Crippen LogP contribution in [0.25, 0.3) is 0 Å². The Labute approximate surface area is 157 Å². The molecule has 0 aliphatic rings. The SMILES string of the molecule is CC[S@](=O)c1ccccc1C(=O)OCC(=O)Nc1cc(Cl)cc(Cl)c1. The number of benzene rings is 2. The number of esters is 1. The van der Waals surface area contributed by atoms with Crippen molar-refractivity contribution < 1.29 is 18.5 Å². The van der Waals surface area contributed by atoms with Crippen molar-refractivity contribution in [2.24, 2.45) is 0 Å². The third-order valence-electron chi connectivity index (χ3n) is 3.10. The molecule has 2 aromatic carbocycles. The Hall–Kier alpha value is -1.89. The van der Waals surface area contributed by atoms with E-state index < -0.39 is 29.3 Å². The first-order valence-electron chi connectivity index (χ1n) is 7.31. The van der Waals surface area contributed by atoms with Crippen molar-refractivity contribution in [3.63, 3.8) is 0 Å². The van der Waals surface area contributed by atoms with E-state index in [4.69, 9.17) is 27.9 Å². The minimum Gasteiger partial charge on any atom is -0.452 e. The standard InChI is InChI=1S/C17H15Cl2NO4S/c1-2-25(23)15-6-4-3-5-14(15)17(22)24-10-16(21)20-13-8-11(18)7-12(19)9-13/h3-9H,2,10H2,1H3,(H,20,21)/t25-/m0/s1. The second-order valence-corrected chi connectivity index (χ2v) is 7.49. The fourth-order valence-electron chi connectivity index (χ4n) is 2.02. The number of carbonyl (C=O) groups excluding carboxylic acids is 2. The van der Waals surface area contributed by atoms with Crippen LogP contribution in [0, 0.1) is 0 Å². The van der Waals surface area contributed by atoms with Crippen LogP contribution in [-0.4, -0.2) is 28.4 Å². The predicted octanol–water partition coefficient (Wildman–Crippen LogP) is 3.92. The molecular formula is C17H15Cl2NO4S. The third-order valence-corrected chi connectivity index (χ3v) is 4.90. The van der Waals surface area contributed by atoms with Gasteiger partial charge in [0, 0.05) is 21.5 Å². The number of rotatable bonds is 6. The lowest BCUT2D eigenvalue weighted by atomic mass is 10.2. The van der Waals surface area contributed by atoms with Gasteiger partial charge in [0.05, 0.1) is 21.3 Å². The molecule has 25 heavy (non-hydrogen) atoms. The Balaban J connectivity index is 2.00. The van der Waals surface area contributed by atoms with E-state index in [2.05, 4.69) is 5.32 Å². The Morgan fingerprint density at radius 3 is 2.40 bits per heavy atom. The number of hydrogen-bond acceptors (Lipinski definition) is 4. The van der Waals surface area contributed by atoms with E-state index in [0.29, 0.717) is 26.4 Å². The van der Waals surface area contributed by atoms with E-state index in [1.54, 1.807) is 25.1 Å². The topological polar surface area (TPSA) is 72.5 Å². The summed E-state index contributed by atoms with van der Waals surface area (Å²) in [6.07, 6.45) is 0. The first-order chi connectivity index (χ1) is 11.9. The van der Waals surface area contributed by atoms with Gasteiger partial charge in [-0.2, -0.15) is 0 Å². The summed E-state index contributed by atoms with van der Waals surface area (Å²) in [7, 11) is -1.30. The third kappa shape index (κ3) is 5.56. The number of ether oxygens (including phenoxy) is 1. The zero-order valence-electron chi connectivity index (χ0n) is 13.3. The highest BCUT2D eigenvalue weighted by Gasteiger charge is 2.17. The van der Waals surface area contributed by atoms with Gasteiger partial charge in [-0.15, -0.1) is 0 Å². The molecule has 1 amide bonds. The summed E-state index contributed by atoms with van der Waals surface area (Å²) < 4.78 is 17.0. The number of carbonyl (C=O) groups is 2. The van der Waals surface area contributed by atoms with Crippen LogP contribution in [0.5, 0.6) is 0 Å². The average molecular weight is 400 g/mol. The van der Waals surface area contributed by atoms with Gasteiger partial charge in [0.1, 0.15) is 0 Å². The van der Waals surface area contributed by atoms with Gasteiger partial charge in [-0.1, -0.05) is 42.3 Å². The number of halogens is 2. The molecule has 0 spiro atoms. The lowest BCUT2D eigenvalue weighted by molar-refractivity contribution is -0.119. The zero-order valence-corrected chi connectivity index (χ0v) is 15.6. The molecule has 0 heterocycles. The minimum atomic E-state index is -1.30. The van der Waals surface area contributed by atoms with Crippen LogP contribution in [0.15, 0.2) is 47.4 Å². The molecule has 2 rings (SSSR count). The first kappa shape index (κ1) is 19.4. The van der Waals surface area contributed by atoms with E-state index in [-0.39, 0.29) is 5.56 Å². The molecule has 0 aliphatic carbocycles. The second-order valence-electron chi connectivity index (χ2n) is 4.91. The smallest absolute Gasteiger partial charge is 0.339 e. The highest BCUT2D eigenvalue weighted by atomic mass is 35.5. The van der Waals surface area contributed by atoms with Crippen molar-refractivity contribution >= 4 is 51.6 Å². The highest BCUT2D eigenvalue weighted by molar-refractivity contribution is 7.85. The summed E-state index contributed by atoms with van der Waals surface area (Å²) in [4.78, 5) is 24.5. The van der Waals surface area contributed by atoms with Gasteiger partial charge >= 0.3 is 5.97 Å². The van der Waals surface area contributed by atoms with E-state index in [0.717, 1.165) is 0 Å². The van der Waals surface area contributed by atoms with Crippen LogP contribution in [0.1, 0.15) is 17.3 Å². The average Bonchev–Trinajstić information content (AvgIpc) is 2.58. The van der Waals surface area contributed by atoms with E-state index in [9.17, 15) is 13.8 Å². The molecule has 1 N–H and O–H groups in total. The number of anilines is 1. The van der Waals surface area contributed by atoms with Crippen molar-refractivity contribution in [2.75, 3.05) is 17.7 Å². The summed E-state index contributed by atoms with van der Waals surface area (Å²) in [6.45, 7) is 1.26. The van der Waals surface area contributed by atoms with E-state index in [1.165, 1.54) is 24.3 Å². The molecule has 0 aromatic heterocycles. The summed E-state index contributed by atoms with van der Waals surface area (Å²) in [5, 5.41) is 3.28. The predicted molar refractivity (Wildman–Crippen MR) is 98.8 cm³/mol. The lowest BCUT2D eigenvalue weighted by Gasteiger charge is -2.09. The lowest BCUT2D eigenvalue weighted by Crippen LogP contribution is -2.21. The minimum absolute atomic E-state index is 0.182. The van der Waals surface area contributed by atoms with Crippen LogP contribution in [-0.2, 0) is 20.3 Å². The van der Waals surface area contributed by atoms with Crippen molar-refractivity contribution in [3.05, 3.63) is 58.1 Å². The van der Waals surface area contributed by atoms with E-state index >= 15 is 0 Å². The molecule has 0 radical (unpaired) electrons. The molecule has 2 aromatic rings. The Bertz CT molecular complexity index is 806. The quantitative estimate of drug-likeness (QED) is 0.747. The molecule has 0 saturated heterocycles. The zero-order chi connectivity index (χ0) is 18.4. The van der Waals surface area contributed by atoms with Crippen molar-refractivity contribution in [2.45, 2.75) is 11.8 Å². The Morgan fingerprint density at radius 2 is 1.76 bits per heavy atom. The molecule has 0 saturated carbocycles. The van der Waals surface area contributed by atoms with Crippen molar-refractivity contribution in [3.8, 4) is 0 Å². The number of hydrogen-bond donors (Lipinski definition) is 1. The van der Waals surface area contributed by atoms with Crippen LogP contribution in [0.3, 0.4) is 0 Å². The van der Waals surface area contributed by atoms with Gasteiger partial charge in [-0.05, 0) is 30.3 Å². The van der Waals surface area contributed by atoms with Gasteiger partial charge in [-0.25, -0.2) is 4.79 Å². The van der Waals surface area contributed by atoms with Crippen LogP contribution in [0.2, 0.25) is 10.0 Å². The van der Waals surface area contributed by atoms with Gasteiger partial charge in [0.25, 0.3) is 5.91 Å². The summed E-state index contributed by atoms with van der Waals surface area (Å²) in [6, 6.07) is 11.0. The first-order valence-corrected chi connectivity index (χ1v) is 9.38. The van der Waals surface area contributed by atoms with Crippen molar-refractivity contribution in [1.82, 2.24) is 0 Å². The maximum Gasteiger partial charge on any atom is 0.339 e. The second kappa shape index (κ2) is 8.99. The largest absolute Gasteiger partial charge is 0.452 e. The molecule has 5 nitrogen and oxygen atoms in total. The Morgan fingerprint density at radius 1 is 1.12 bits per heavy atom. The Kier molecular flexibility index (Phi) is 6.99. The van der Waals surface area contributed by atoms with Gasteiger partial charge in [-0.3, -0.25) is 9.00 Å².